The molecule has 1 N–H and O–H groups in total. The first-order valence-electron chi connectivity index (χ1n) is 4.03. The Morgan fingerprint density at radius 3 is 2.17 bits per heavy atom. The maximum Gasteiger partial charge on any atom is 0.139 e. The quantitative estimate of drug-likeness (QED) is 0.628. The van der Waals surface area contributed by atoms with Gasteiger partial charge in [-0.25, -0.2) is 0 Å². The first kappa shape index (κ1) is 10.7. The second-order valence-electron chi connectivity index (χ2n) is 1.98. The molecule has 1 aromatic rings. The minimum Gasteiger partial charge on any atom is -0.376 e. The van der Waals surface area contributed by atoms with Crippen molar-refractivity contribution in [1.29, 1.82) is 0 Å². The van der Waals surface area contributed by atoms with Gasteiger partial charge in [0, 0.05) is 0 Å². The van der Waals surface area contributed by atoms with Crippen LogP contribution in [0.3, 0.4) is 0 Å². The third kappa shape index (κ3) is 3.23. The topological polar surface area (TPSA) is 20.2 Å². The van der Waals surface area contributed by atoms with E-state index in [2.05, 4.69) is 5.92 Å². The van der Waals surface area contributed by atoms with E-state index in [4.69, 9.17) is 11.5 Å². The molecule has 0 saturated heterocycles. The first-order valence-corrected chi connectivity index (χ1v) is 4.03. The van der Waals surface area contributed by atoms with E-state index < -0.39 is 6.10 Å². The molecule has 0 heterocycles. The number of hydrogen-bond donors (Lipinski definition) is 1. The minimum atomic E-state index is -0.763. The summed E-state index contributed by atoms with van der Waals surface area (Å²) in [5.74, 6) is 2.24. The van der Waals surface area contributed by atoms with Crippen LogP contribution >= 0.6 is 0 Å². The molecule has 1 unspecified atom stereocenters. The molecule has 0 spiro atoms. The molecule has 0 aromatic heterocycles. The van der Waals surface area contributed by atoms with Gasteiger partial charge in [0.25, 0.3) is 0 Å². The van der Waals surface area contributed by atoms with Crippen LogP contribution in [-0.4, -0.2) is 5.11 Å². The largest absolute Gasteiger partial charge is 0.376 e. The molecule has 0 amide bonds. The van der Waals surface area contributed by atoms with E-state index in [0.717, 1.165) is 5.56 Å². The molecule has 0 fully saturated rings. The van der Waals surface area contributed by atoms with Crippen molar-refractivity contribution in [3.05, 3.63) is 35.9 Å². The fraction of sp³-hybridized carbons (Fsp3) is 0.273. The van der Waals surface area contributed by atoms with Gasteiger partial charge in [0.15, 0.2) is 0 Å². The lowest BCUT2D eigenvalue weighted by molar-refractivity contribution is 0.238. The fourth-order valence-corrected chi connectivity index (χ4v) is 0.732. The van der Waals surface area contributed by atoms with Crippen molar-refractivity contribution in [1.82, 2.24) is 0 Å². The number of rotatable bonds is 1. The monoisotopic (exact) mass is 162 g/mol. The molecule has 0 radical (unpaired) electrons. The van der Waals surface area contributed by atoms with E-state index in [-0.39, 0.29) is 0 Å². The highest BCUT2D eigenvalue weighted by Crippen LogP contribution is 2.09. The van der Waals surface area contributed by atoms with Gasteiger partial charge in [-0.2, -0.15) is 0 Å². The van der Waals surface area contributed by atoms with Crippen molar-refractivity contribution >= 4 is 0 Å². The smallest absolute Gasteiger partial charge is 0.139 e. The molecule has 64 valence electrons. The summed E-state index contributed by atoms with van der Waals surface area (Å²) >= 11 is 0. The SMILES string of the molecule is C#CC(O)c1ccccc1.CC. The van der Waals surface area contributed by atoms with Crippen LogP contribution in [0.2, 0.25) is 0 Å². The maximum atomic E-state index is 9.09. The fourth-order valence-electron chi connectivity index (χ4n) is 0.732. The lowest BCUT2D eigenvalue weighted by Crippen LogP contribution is -1.90. The number of aliphatic hydroxyl groups is 1. The van der Waals surface area contributed by atoms with Crippen molar-refractivity contribution in [3.8, 4) is 12.3 Å². The number of hydrogen-bond acceptors (Lipinski definition) is 1. The Hall–Kier alpha value is -1.26. The maximum absolute atomic E-state index is 9.09. The predicted octanol–water partition coefficient (Wildman–Crippen LogP) is 2.38. The van der Waals surface area contributed by atoms with E-state index in [1.54, 1.807) is 12.1 Å². The first-order chi connectivity index (χ1) is 5.84. The lowest BCUT2D eigenvalue weighted by Gasteiger charge is -2.00. The summed E-state index contributed by atoms with van der Waals surface area (Å²) in [6, 6.07) is 9.16. The van der Waals surface area contributed by atoms with Crippen molar-refractivity contribution in [2.45, 2.75) is 20.0 Å². The van der Waals surface area contributed by atoms with Crippen LogP contribution in [0.5, 0.6) is 0 Å². The highest BCUT2D eigenvalue weighted by Gasteiger charge is 1.98. The zero-order valence-electron chi connectivity index (χ0n) is 7.49. The summed E-state index contributed by atoms with van der Waals surface area (Å²) in [5.41, 5.74) is 0.769. The number of terminal acetylenes is 1. The van der Waals surface area contributed by atoms with Gasteiger partial charge in [0.1, 0.15) is 6.10 Å². The van der Waals surface area contributed by atoms with Crippen LogP contribution in [0.1, 0.15) is 25.5 Å². The Labute approximate surface area is 74.1 Å². The second-order valence-corrected chi connectivity index (χ2v) is 1.98. The van der Waals surface area contributed by atoms with Crippen LogP contribution < -0.4 is 0 Å². The Kier molecular flexibility index (Phi) is 5.77. The Morgan fingerprint density at radius 1 is 1.25 bits per heavy atom. The van der Waals surface area contributed by atoms with Crippen LogP contribution in [0.15, 0.2) is 30.3 Å². The van der Waals surface area contributed by atoms with Crippen molar-refractivity contribution in [2.75, 3.05) is 0 Å². The third-order valence-corrected chi connectivity index (χ3v) is 1.27. The number of benzene rings is 1. The number of aliphatic hydroxyl groups excluding tert-OH is 1. The van der Waals surface area contributed by atoms with E-state index in [0.29, 0.717) is 0 Å². The molecule has 0 saturated carbocycles. The molecule has 0 bridgehead atoms. The van der Waals surface area contributed by atoms with E-state index >= 15 is 0 Å². The predicted molar refractivity (Wildman–Crippen MR) is 51.6 cm³/mol. The van der Waals surface area contributed by atoms with Crippen LogP contribution in [0.4, 0.5) is 0 Å². The molecule has 0 aliphatic rings. The zero-order chi connectivity index (χ0) is 9.40. The Balaban J connectivity index is 0.000000561. The van der Waals surface area contributed by atoms with Gasteiger partial charge < -0.3 is 5.11 Å². The third-order valence-electron chi connectivity index (χ3n) is 1.27. The molecule has 1 rings (SSSR count). The second kappa shape index (κ2) is 6.45. The van der Waals surface area contributed by atoms with Crippen LogP contribution in [0.25, 0.3) is 0 Å². The molecular weight excluding hydrogens is 148 g/mol. The average Bonchev–Trinajstić information content (AvgIpc) is 2.21. The normalized spacial score (nSPS) is 10.5. The van der Waals surface area contributed by atoms with Crippen molar-refractivity contribution in [2.24, 2.45) is 0 Å². The van der Waals surface area contributed by atoms with Crippen molar-refractivity contribution < 1.29 is 5.11 Å². The summed E-state index contributed by atoms with van der Waals surface area (Å²) < 4.78 is 0. The molecule has 1 heteroatoms. The van der Waals surface area contributed by atoms with Crippen molar-refractivity contribution in [3.63, 3.8) is 0 Å². The van der Waals surface area contributed by atoms with Gasteiger partial charge in [0.2, 0.25) is 0 Å². The molecule has 1 nitrogen and oxygen atoms in total. The van der Waals surface area contributed by atoms with Gasteiger partial charge in [-0.05, 0) is 5.56 Å². The lowest BCUT2D eigenvalue weighted by atomic mass is 10.1. The van der Waals surface area contributed by atoms with Crippen LogP contribution in [-0.2, 0) is 0 Å². The molecule has 0 aliphatic heterocycles. The van der Waals surface area contributed by atoms with E-state index in [9.17, 15) is 0 Å². The zero-order valence-corrected chi connectivity index (χ0v) is 7.49. The molecule has 12 heavy (non-hydrogen) atoms. The average molecular weight is 162 g/mol. The summed E-state index contributed by atoms with van der Waals surface area (Å²) in [6.07, 6.45) is 4.24. The van der Waals surface area contributed by atoms with E-state index in [1.165, 1.54) is 0 Å². The van der Waals surface area contributed by atoms with Crippen LogP contribution in [0, 0.1) is 12.3 Å². The minimum absolute atomic E-state index is 0.763. The van der Waals surface area contributed by atoms with Gasteiger partial charge in [0.05, 0.1) is 0 Å². The van der Waals surface area contributed by atoms with Gasteiger partial charge in [-0.1, -0.05) is 50.1 Å². The van der Waals surface area contributed by atoms with Gasteiger partial charge >= 0.3 is 0 Å². The van der Waals surface area contributed by atoms with E-state index in [1.807, 2.05) is 32.0 Å². The summed E-state index contributed by atoms with van der Waals surface area (Å²) in [6.45, 7) is 4.00. The van der Waals surface area contributed by atoms with Gasteiger partial charge in [-0.15, -0.1) is 6.42 Å². The Bertz CT molecular complexity index is 233. The highest BCUT2D eigenvalue weighted by atomic mass is 16.3. The summed E-state index contributed by atoms with van der Waals surface area (Å²) in [4.78, 5) is 0. The molecule has 1 aromatic carbocycles. The molecule has 1 atom stereocenters. The molecule has 0 aliphatic carbocycles. The summed E-state index contributed by atoms with van der Waals surface area (Å²) in [5, 5.41) is 9.09. The van der Waals surface area contributed by atoms with Gasteiger partial charge in [-0.3, -0.25) is 0 Å². The standard InChI is InChI=1S/C9H8O.C2H6/c1-2-9(10)8-6-4-3-5-7-8;1-2/h1,3-7,9-10H;1-2H3. The Morgan fingerprint density at radius 2 is 1.75 bits per heavy atom. The molecular formula is C11H14O. The highest BCUT2D eigenvalue weighted by molar-refractivity contribution is 5.22. The summed E-state index contributed by atoms with van der Waals surface area (Å²) in [7, 11) is 0.